The largest absolute Gasteiger partial charge is 0.476 e. The van der Waals surface area contributed by atoms with Crippen LogP contribution in [0, 0.1) is 6.92 Å². The van der Waals surface area contributed by atoms with Gasteiger partial charge in [0.2, 0.25) is 5.91 Å². The number of nitrogens with one attached hydrogen (secondary N) is 2. The monoisotopic (exact) mass is 285 g/mol. The van der Waals surface area contributed by atoms with Crippen LogP contribution in [0.1, 0.15) is 16.2 Å². The number of urea groups is 1. The molecule has 1 rings (SSSR count). The lowest BCUT2D eigenvalue weighted by atomic mass is 10.3. The van der Waals surface area contributed by atoms with E-state index in [1.54, 1.807) is 0 Å². The second-order valence-electron chi connectivity index (χ2n) is 3.78. The van der Waals surface area contributed by atoms with Gasteiger partial charge in [-0.3, -0.25) is 10.1 Å². The lowest BCUT2D eigenvalue weighted by Gasteiger charge is -2.06. The fraction of sp³-hybridized carbons (Fsp3) is 0.500. The summed E-state index contributed by atoms with van der Waals surface area (Å²) in [6.45, 7) is 1.76. The maximum atomic E-state index is 11.5. The van der Waals surface area contributed by atoms with Crippen LogP contribution in [-0.2, 0) is 16.1 Å². The van der Waals surface area contributed by atoms with E-state index in [2.05, 4.69) is 20.9 Å². The third-order valence-electron chi connectivity index (χ3n) is 2.32. The first-order valence-electron chi connectivity index (χ1n) is 5.65. The van der Waals surface area contributed by atoms with Crippen LogP contribution in [0.3, 0.4) is 0 Å². The summed E-state index contributed by atoms with van der Waals surface area (Å²) in [6, 6.07) is -0.664. The molecule has 1 heterocycles. The summed E-state index contributed by atoms with van der Waals surface area (Å²) in [6.07, 6.45) is 0. The first-order chi connectivity index (χ1) is 9.45. The molecule has 0 fully saturated rings. The molecule has 20 heavy (non-hydrogen) atoms. The molecule has 0 aromatic carbocycles. The molecule has 0 aliphatic carbocycles. The van der Waals surface area contributed by atoms with Crippen molar-refractivity contribution in [3.63, 3.8) is 0 Å². The minimum absolute atomic E-state index is 0.229. The maximum Gasteiger partial charge on any atom is 0.358 e. The Morgan fingerprint density at radius 3 is 2.65 bits per heavy atom. The van der Waals surface area contributed by atoms with Crippen LogP contribution in [0.25, 0.3) is 0 Å². The second-order valence-corrected chi connectivity index (χ2v) is 3.78. The van der Waals surface area contributed by atoms with Crippen molar-refractivity contribution in [3.05, 3.63) is 11.4 Å². The number of hydrogen-bond donors (Lipinski definition) is 3. The zero-order valence-corrected chi connectivity index (χ0v) is 11.0. The Bertz CT molecular complexity index is 512. The number of methoxy groups -OCH3 is 1. The van der Waals surface area contributed by atoms with Crippen molar-refractivity contribution in [1.82, 2.24) is 25.6 Å². The quantitative estimate of drug-likeness (QED) is 0.556. The molecular weight excluding hydrogens is 270 g/mol. The van der Waals surface area contributed by atoms with Crippen LogP contribution < -0.4 is 10.6 Å². The van der Waals surface area contributed by atoms with Gasteiger partial charge in [0.1, 0.15) is 6.54 Å². The Hall–Kier alpha value is -2.49. The number of carboxylic acid groups (broad SMARTS) is 1. The van der Waals surface area contributed by atoms with Crippen LogP contribution >= 0.6 is 0 Å². The van der Waals surface area contributed by atoms with E-state index >= 15 is 0 Å². The van der Waals surface area contributed by atoms with Crippen molar-refractivity contribution in [3.8, 4) is 0 Å². The average molecular weight is 285 g/mol. The minimum Gasteiger partial charge on any atom is -0.476 e. The van der Waals surface area contributed by atoms with Gasteiger partial charge in [-0.05, 0) is 6.92 Å². The van der Waals surface area contributed by atoms with Crippen LogP contribution in [0.5, 0.6) is 0 Å². The van der Waals surface area contributed by atoms with Gasteiger partial charge in [0.15, 0.2) is 5.69 Å². The number of nitrogens with zero attached hydrogens (tertiary/aromatic N) is 3. The van der Waals surface area contributed by atoms with Gasteiger partial charge in [-0.25, -0.2) is 14.3 Å². The molecule has 3 amide bonds. The highest BCUT2D eigenvalue weighted by molar-refractivity contribution is 5.94. The molecule has 0 unspecified atom stereocenters. The van der Waals surface area contributed by atoms with Crippen LogP contribution in [0.15, 0.2) is 0 Å². The molecule has 10 heteroatoms. The Kier molecular flexibility index (Phi) is 5.59. The molecule has 0 aliphatic heterocycles. The highest BCUT2D eigenvalue weighted by Gasteiger charge is 2.17. The number of ether oxygens (including phenoxy) is 1. The number of aromatic carboxylic acids is 1. The normalized spacial score (nSPS) is 10.1. The van der Waals surface area contributed by atoms with E-state index in [1.807, 2.05) is 0 Å². The van der Waals surface area contributed by atoms with Crippen molar-refractivity contribution >= 4 is 17.9 Å². The number of aromatic nitrogens is 3. The zero-order valence-electron chi connectivity index (χ0n) is 11.0. The van der Waals surface area contributed by atoms with E-state index < -0.39 is 17.9 Å². The summed E-state index contributed by atoms with van der Waals surface area (Å²) >= 11 is 0. The second kappa shape index (κ2) is 7.19. The molecule has 1 aromatic heterocycles. The minimum atomic E-state index is -1.23. The van der Waals surface area contributed by atoms with Crippen molar-refractivity contribution < 1.29 is 24.2 Å². The molecule has 0 radical (unpaired) electrons. The lowest BCUT2D eigenvalue weighted by Crippen LogP contribution is -2.42. The fourth-order valence-electron chi connectivity index (χ4n) is 1.32. The van der Waals surface area contributed by atoms with Crippen molar-refractivity contribution in [2.24, 2.45) is 0 Å². The zero-order chi connectivity index (χ0) is 15.1. The SMILES string of the molecule is COCCNC(=O)NC(=O)Cn1nnc(C(=O)O)c1C. The topological polar surface area (TPSA) is 135 Å². The van der Waals surface area contributed by atoms with Crippen LogP contribution in [0.2, 0.25) is 0 Å². The van der Waals surface area contributed by atoms with Gasteiger partial charge in [0.05, 0.1) is 12.3 Å². The summed E-state index contributed by atoms with van der Waals surface area (Å²) in [5.74, 6) is -1.86. The van der Waals surface area contributed by atoms with Crippen molar-refractivity contribution in [2.45, 2.75) is 13.5 Å². The first-order valence-corrected chi connectivity index (χ1v) is 5.65. The lowest BCUT2D eigenvalue weighted by molar-refractivity contribution is -0.120. The van der Waals surface area contributed by atoms with Crippen molar-refractivity contribution in [2.75, 3.05) is 20.3 Å². The number of carbonyl (C=O) groups excluding carboxylic acids is 2. The number of rotatable bonds is 6. The summed E-state index contributed by atoms with van der Waals surface area (Å²) in [5, 5.41) is 20.2. The predicted octanol–water partition coefficient (Wildman–Crippen LogP) is -1.24. The van der Waals surface area contributed by atoms with Gasteiger partial charge in [-0.1, -0.05) is 5.21 Å². The van der Waals surface area contributed by atoms with Crippen molar-refractivity contribution in [1.29, 1.82) is 0 Å². The van der Waals surface area contributed by atoms with Gasteiger partial charge < -0.3 is 15.2 Å². The highest BCUT2D eigenvalue weighted by atomic mass is 16.5. The summed E-state index contributed by atoms with van der Waals surface area (Å²) in [5.41, 5.74) is -0.00483. The Morgan fingerprint density at radius 1 is 1.40 bits per heavy atom. The highest BCUT2D eigenvalue weighted by Crippen LogP contribution is 2.02. The van der Waals surface area contributed by atoms with Crippen LogP contribution in [0.4, 0.5) is 4.79 Å². The number of hydrogen-bond acceptors (Lipinski definition) is 6. The molecule has 0 bridgehead atoms. The van der Waals surface area contributed by atoms with E-state index in [-0.39, 0.29) is 24.5 Å². The fourth-order valence-corrected chi connectivity index (χ4v) is 1.32. The van der Waals surface area contributed by atoms with Gasteiger partial charge >= 0.3 is 12.0 Å². The summed E-state index contributed by atoms with van der Waals surface area (Å²) < 4.78 is 5.83. The van der Waals surface area contributed by atoms with Gasteiger partial charge in [0, 0.05) is 13.7 Å². The third-order valence-corrected chi connectivity index (χ3v) is 2.32. The van der Waals surface area contributed by atoms with Gasteiger partial charge in [-0.15, -0.1) is 5.10 Å². The summed E-state index contributed by atoms with van der Waals surface area (Å²) in [4.78, 5) is 33.6. The van der Waals surface area contributed by atoms with E-state index in [9.17, 15) is 14.4 Å². The smallest absolute Gasteiger partial charge is 0.358 e. The number of carbonyl (C=O) groups is 3. The third kappa shape index (κ3) is 4.31. The molecule has 1 aromatic rings. The van der Waals surface area contributed by atoms with E-state index in [0.717, 1.165) is 4.68 Å². The Balaban J connectivity index is 2.50. The Labute approximate surface area is 114 Å². The van der Waals surface area contributed by atoms with Crippen LogP contribution in [-0.4, -0.2) is 58.3 Å². The average Bonchev–Trinajstić information content (AvgIpc) is 2.71. The van der Waals surface area contributed by atoms with E-state index in [1.165, 1.54) is 14.0 Å². The maximum absolute atomic E-state index is 11.5. The standard InChI is InChI=1S/C10H15N5O5/c1-6-8(9(17)18)13-14-15(6)5-7(16)12-10(19)11-3-4-20-2/h3-5H2,1-2H3,(H,17,18)(H2,11,12,16,19). The molecular formula is C10H15N5O5. The molecule has 10 nitrogen and oxygen atoms in total. The molecule has 0 atom stereocenters. The Morgan fingerprint density at radius 2 is 2.10 bits per heavy atom. The molecule has 0 aliphatic rings. The first kappa shape index (κ1) is 15.6. The van der Waals surface area contributed by atoms with E-state index in [0.29, 0.717) is 6.61 Å². The molecule has 0 spiro atoms. The molecule has 110 valence electrons. The molecule has 0 saturated carbocycles. The van der Waals surface area contributed by atoms with E-state index in [4.69, 9.17) is 9.84 Å². The number of carboxylic acids is 1. The van der Waals surface area contributed by atoms with Gasteiger partial charge in [0.25, 0.3) is 0 Å². The number of imide groups is 1. The molecule has 0 saturated heterocycles. The molecule has 3 N–H and O–H groups in total. The predicted molar refractivity (Wildman–Crippen MR) is 65.1 cm³/mol. The summed E-state index contributed by atoms with van der Waals surface area (Å²) in [7, 11) is 1.48. The van der Waals surface area contributed by atoms with Gasteiger partial charge in [-0.2, -0.15) is 0 Å². The number of amides is 3.